The molecule has 2 atom stereocenters. The maximum Gasteiger partial charge on any atom is 0.398 e. The van der Waals surface area contributed by atoms with Crippen LogP contribution in [0.4, 0.5) is 11.5 Å². The molecule has 9 heteroatoms. The van der Waals surface area contributed by atoms with Crippen LogP contribution < -0.4 is 14.9 Å². The maximum absolute atomic E-state index is 13.3. The third-order valence-electron chi connectivity index (χ3n) is 6.87. The molecule has 5 rings (SSSR count). The molecule has 0 radical (unpaired) electrons. The van der Waals surface area contributed by atoms with Crippen molar-refractivity contribution >= 4 is 45.7 Å². The number of aromatic nitrogens is 1. The Labute approximate surface area is 193 Å². The number of amidine groups is 1. The quantitative estimate of drug-likeness (QED) is 0.703. The predicted molar refractivity (Wildman–Crippen MR) is 130 cm³/mol. The van der Waals surface area contributed by atoms with Gasteiger partial charge in [0.2, 0.25) is 5.91 Å². The highest BCUT2D eigenvalue weighted by Gasteiger charge is 2.55. The normalized spacial score (nSPS) is 22.6. The highest BCUT2D eigenvalue weighted by molar-refractivity contribution is 7.90. The summed E-state index contributed by atoms with van der Waals surface area (Å²) in [5, 5.41) is 3.04. The third kappa shape index (κ3) is 3.27. The second kappa shape index (κ2) is 7.30. The fourth-order valence-electron chi connectivity index (χ4n) is 4.83. The van der Waals surface area contributed by atoms with Gasteiger partial charge in [-0.05, 0) is 30.9 Å². The van der Waals surface area contributed by atoms with Crippen molar-refractivity contribution in [3.63, 3.8) is 0 Å². The van der Waals surface area contributed by atoms with Gasteiger partial charge in [0.1, 0.15) is 11.9 Å². The number of hydrogen-bond acceptors (Lipinski definition) is 5. The Balaban J connectivity index is 1.53. The van der Waals surface area contributed by atoms with Gasteiger partial charge in [-0.2, -0.15) is 4.90 Å². The van der Waals surface area contributed by atoms with E-state index in [4.69, 9.17) is 0 Å². The summed E-state index contributed by atoms with van der Waals surface area (Å²) in [5.41, 5.74) is 2.51. The van der Waals surface area contributed by atoms with Gasteiger partial charge >= 0.3 is 5.84 Å². The van der Waals surface area contributed by atoms with Crippen LogP contribution in [0.5, 0.6) is 0 Å². The molecule has 1 amide bonds. The molecule has 0 spiro atoms. The van der Waals surface area contributed by atoms with E-state index in [1.165, 1.54) is 10.9 Å². The van der Waals surface area contributed by atoms with Crippen LogP contribution in [0, 0.1) is 18.3 Å². The van der Waals surface area contributed by atoms with Gasteiger partial charge in [-0.3, -0.25) is 4.79 Å². The molecule has 2 aromatic rings. The summed E-state index contributed by atoms with van der Waals surface area (Å²) < 4.78 is 32.4. The van der Waals surface area contributed by atoms with Crippen molar-refractivity contribution in [2.75, 3.05) is 4.90 Å². The summed E-state index contributed by atoms with van der Waals surface area (Å²) in [6.45, 7) is 7.73. The Hall–Kier alpha value is -3.42. The summed E-state index contributed by atoms with van der Waals surface area (Å²) in [6, 6.07) is 8.62. The standard InChI is InChI=1S/C24H25N5O3S/c1-15-5-7-17(8-6-15)33(31,32)28-12-10-20-23(28)26-14-22-25-11-9-19(29(20)22)18-13-21(24(18,3)4)27-16(2)30/h5-12,14,18,21H,13H2,1-4H3/p+1/t18-,21?/m1/s1. The molecule has 1 aromatic heterocycles. The van der Waals surface area contributed by atoms with Crippen LogP contribution in [0.2, 0.25) is 0 Å². The van der Waals surface area contributed by atoms with Gasteiger partial charge in [-0.15, -0.1) is 0 Å². The van der Waals surface area contributed by atoms with Crippen molar-refractivity contribution in [3.8, 4) is 0 Å². The van der Waals surface area contributed by atoms with Crippen molar-refractivity contribution < 1.29 is 13.2 Å². The van der Waals surface area contributed by atoms with E-state index in [-0.39, 0.29) is 28.2 Å². The van der Waals surface area contributed by atoms with Crippen molar-refractivity contribution in [2.45, 2.75) is 45.1 Å². The molecule has 1 aromatic carbocycles. The lowest BCUT2D eigenvalue weighted by molar-refractivity contribution is -0.122. The van der Waals surface area contributed by atoms with E-state index in [0.717, 1.165) is 17.7 Å². The van der Waals surface area contributed by atoms with Crippen molar-refractivity contribution in [3.05, 3.63) is 53.9 Å². The molecule has 2 aliphatic heterocycles. The van der Waals surface area contributed by atoms with Crippen LogP contribution in [-0.2, 0) is 14.8 Å². The van der Waals surface area contributed by atoms with Gasteiger partial charge in [-0.25, -0.2) is 22.1 Å². The number of aliphatic imine (C=N–C) groups is 1. The molecule has 33 heavy (non-hydrogen) atoms. The number of carbonyl (C=O) groups excluding carboxylic acids is 1. The van der Waals surface area contributed by atoms with Crippen molar-refractivity contribution in [2.24, 2.45) is 16.3 Å². The number of rotatable bonds is 4. The van der Waals surface area contributed by atoms with E-state index >= 15 is 0 Å². The fraction of sp³-hybridized carbons (Fsp3) is 0.333. The molecule has 0 bridgehead atoms. The minimum absolute atomic E-state index is 0.0382. The summed E-state index contributed by atoms with van der Waals surface area (Å²) in [6.07, 6.45) is 7.66. The molecule has 3 aliphatic rings. The third-order valence-corrected chi connectivity index (χ3v) is 8.55. The average molecular weight is 465 g/mol. The Bertz CT molecular complexity index is 1390. The minimum Gasteiger partial charge on any atom is -0.353 e. The summed E-state index contributed by atoms with van der Waals surface area (Å²) in [4.78, 5) is 18.3. The predicted octanol–water partition coefficient (Wildman–Crippen LogP) is 2.54. The first-order valence-electron chi connectivity index (χ1n) is 10.9. The van der Waals surface area contributed by atoms with E-state index < -0.39 is 10.0 Å². The van der Waals surface area contributed by atoms with Crippen LogP contribution >= 0.6 is 0 Å². The molecule has 8 nitrogen and oxygen atoms in total. The lowest BCUT2D eigenvalue weighted by Crippen LogP contribution is -2.60. The highest BCUT2D eigenvalue weighted by Crippen LogP contribution is 2.52. The van der Waals surface area contributed by atoms with Gasteiger partial charge in [0.25, 0.3) is 10.0 Å². The number of benzene rings is 1. The lowest BCUT2D eigenvalue weighted by Gasteiger charge is -2.52. The number of amides is 1. The number of anilines is 1. The van der Waals surface area contributed by atoms with Crippen LogP contribution in [0.15, 0.2) is 58.2 Å². The largest absolute Gasteiger partial charge is 0.398 e. The lowest BCUT2D eigenvalue weighted by atomic mass is 9.57. The molecular weight excluding hydrogens is 438 g/mol. The number of nitrogens with one attached hydrogen (secondary N) is 1. The van der Waals surface area contributed by atoms with Gasteiger partial charge < -0.3 is 5.32 Å². The topological polar surface area (TPSA) is 97.9 Å². The van der Waals surface area contributed by atoms with Gasteiger partial charge in [0.05, 0.1) is 4.90 Å². The van der Waals surface area contributed by atoms with E-state index in [1.54, 1.807) is 49.0 Å². The van der Waals surface area contributed by atoms with Gasteiger partial charge in [0.15, 0.2) is 17.7 Å². The van der Waals surface area contributed by atoms with Crippen LogP contribution in [0.25, 0.3) is 0 Å². The number of allylic oxidation sites excluding steroid dienone is 2. The highest BCUT2D eigenvalue weighted by atomic mass is 32.2. The Kier molecular flexibility index (Phi) is 4.74. The molecule has 1 unspecified atom stereocenters. The zero-order valence-electron chi connectivity index (χ0n) is 19.0. The maximum atomic E-state index is 13.3. The van der Waals surface area contributed by atoms with E-state index in [1.807, 2.05) is 17.9 Å². The monoisotopic (exact) mass is 464 g/mol. The second-order valence-corrected chi connectivity index (χ2v) is 11.1. The zero-order chi connectivity index (χ0) is 23.5. The first-order valence-corrected chi connectivity index (χ1v) is 12.3. The fourth-order valence-corrected chi connectivity index (χ4v) is 6.12. The molecule has 170 valence electrons. The molecule has 3 heterocycles. The van der Waals surface area contributed by atoms with Crippen LogP contribution in [-0.4, -0.2) is 42.6 Å². The second-order valence-electron chi connectivity index (χ2n) is 9.32. The summed E-state index contributed by atoms with van der Waals surface area (Å²) in [7, 11) is -3.80. The average Bonchev–Trinajstić information content (AvgIpc) is 3.21. The van der Waals surface area contributed by atoms with Gasteiger partial charge in [-0.1, -0.05) is 31.5 Å². The molecular formula is C24H26N5O3S+. The van der Waals surface area contributed by atoms with E-state index in [9.17, 15) is 13.2 Å². The number of hydrogen-bond donors (Lipinski definition) is 1. The Morgan fingerprint density at radius 3 is 2.61 bits per heavy atom. The SMILES string of the molecule is CC(=O)NC1C[C@H](C2=CC=[N+]=C3C=Nc4c(ccn4S(=O)(=O)c4ccc(C)cc4)N23)C1(C)C. The van der Waals surface area contributed by atoms with Gasteiger partial charge in [0, 0.05) is 37.2 Å². The van der Waals surface area contributed by atoms with E-state index in [2.05, 4.69) is 28.8 Å². The zero-order valence-corrected chi connectivity index (χ0v) is 19.8. The van der Waals surface area contributed by atoms with Crippen molar-refractivity contribution in [1.29, 1.82) is 0 Å². The number of aryl methyl sites for hydroxylation is 1. The molecule has 1 aliphatic carbocycles. The first kappa shape index (κ1) is 21.4. The molecule has 0 saturated heterocycles. The van der Waals surface area contributed by atoms with E-state index in [0.29, 0.717) is 17.3 Å². The number of fused-ring (bicyclic) bond motifs is 3. The Morgan fingerprint density at radius 1 is 1.21 bits per heavy atom. The number of nitrogens with zero attached hydrogens (tertiary/aromatic N) is 4. The smallest absolute Gasteiger partial charge is 0.353 e. The molecule has 1 fully saturated rings. The Morgan fingerprint density at radius 2 is 1.94 bits per heavy atom. The minimum atomic E-state index is -3.80. The first-order chi connectivity index (χ1) is 15.6. The summed E-state index contributed by atoms with van der Waals surface area (Å²) >= 11 is 0. The molecule has 1 saturated carbocycles. The van der Waals surface area contributed by atoms with Crippen LogP contribution in [0.1, 0.15) is 32.8 Å². The van der Waals surface area contributed by atoms with Crippen molar-refractivity contribution in [1.82, 2.24) is 14.0 Å². The van der Waals surface area contributed by atoms with Crippen LogP contribution in [0.3, 0.4) is 0 Å². The summed E-state index contributed by atoms with van der Waals surface area (Å²) in [5.74, 6) is 1.11. The molecule has 1 N–H and O–H groups in total. The number of carbonyl (C=O) groups is 1.